The minimum absolute atomic E-state index is 0.276. The van der Waals surface area contributed by atoms with Gasteiger partial charge in [0.2, 0.25) is 0 Å². The average Bonchev–Trinajstić information content (AvgIpc) is 2.45. The Morgan fingerprint density at radius 1 is 1.29 bits per heavy atom. The summed E-state index contributed by atoms with van der Waals surface area (Å²) in [5, 5.41) is 4.44. The van der Waals surface area contributed by atoms with Crippen molar-refractivity contribution in [2.45, 2.75) is 0 Å². The molecular weight excluding hydrogens is 391 g/mol. The van der Waals surface area contributed by atoms with Gasteiger partial charge in [-0.15, -0.1) is 0 Å². The number of carbonyl (C=O) groups is 3. The highest BCUT2D eigenvalue weighted by Crippen LogP contribution is 2.08. The fraction of sp³-hybridized carbons (Fsp3) is 0.308. The molecule has 1 aromatic carbocycles. The monoisotopic (exact) mass is 406 g/mol. The Labute approximate surface area is 135 Å². The highest BCUT2D eigenvalue weighted by Gasteiger charge is 2.12. The SMILES string of the molecule is COCCNC(=O)NC(=O)COC(=O)c1cccc(I)c1. The first-order valence-electron chi connectivity index (χ1n) is 6.02. The lowest BCUT2D eigenvalue weighted by Gasteiger charge is -2.07. The third kappa shape index (κ3) is 7.04. The number of carbonyl (C=O) groups excluding carboxylic acids is 3. The van der Waals surface area contributed by atoms with Gasteiger partial charge in [0, 0.05) is 17.2 Å². The van der Waals surface area contributed by atoms with E-state index < -0.39 is 24.5 Å². The van der Waals surface area contributed by atoms with E-state index in [1.165, 1.54) is 7.11 Å². The molecule has 8 heteroatoms. The molecule has 0 unspecified atom stereocenters. The van der Waals surface area contributed by atoms with Crippen molar-refractivity contribution in [3.8, 4) is 0 Å². The lowest BCUT2D eigenvalue weighted by molar-refractivity contribution is -0.123. The maximum Gasteiger partial charge on any atom is 0.338 e. The number of methoxy groups -OCH3 is 1. The summed E-state index contributed by atoms with van der Waals surface area (Å²) in [6, 6.07) is 6.09. The molecule has 114 valence electrons. The van der Waals surface area contributed by atoms with E-state index in [4.69, 9.17) is 9.47 Å². The molecule has 0 spiro atoms. The first-order chi connectivity index (χ1) is 10.0. The Morgan fingerprint density at radius 2 is 2.05 bits per heavy atom. The Kier molecular flexibility index (Phi) is 7.69. The van der Waals surface area contributed by atoms with Crippen molar-refractivity contribution >= 4 is 40.5 Å². The Hall–Kier alpha value is -1.68. The number of hydrogen-bond donors (Lipinski definition) is 2. The maximum absolute atomic E-state index is 11.7. The van der Waals surface area contributed by atoms with E-state index in [0.717, 1.165) is 3.57 Å². The van der Waals surface area contributed by atoms with E-state index in [1.54, 1.807) is 18.2 Å². The molecule has 0 fully saturated rings. The number of ether oxygens (including phenoxy) is 2. The van der Waals surface area contributed by atoms with E-state index in [1.807, 2.05) is 11.4 Å². The molecule has 0 saturated heterocycles. The van der Waals surface area contributed by atoms with Gasteiger partial charge in [0.1, 0.15) is 0 Å². The van der Waals surface area contributed by atoms with E-state index in [9.17, 15) is 14.4 Å². The van der Waals surface area contributed by atoms with Crippen molar-refractivity contribution in [3.63, 3.8) is 0 Å². The van der Waals surface area contributed by atoms with Gasteiger partial charge in [0.25, 0.3) is 5.91 Å². The number of esters is 1. The molecule has 0 bridgehead atoms. The topological polar surface area (TPSA) is 93.7 Å². The van der Waals surface area contributed by atoms with Crippen LogP contribution in [0.4, 0.5) is 4.79 Å². The first-order valence-corrected chi connectivity index (χ1v) is 7.10. The lowest BCUT2D eigenvalue weighted by atomic mass is 10.2. The molecule has 0 heterocycles. The van der Waals surface area contributed by atoms with Crippen LogP contribution in [0.3, 0.4) is 0 Å². The lowest BCUT2D eigenvalue weighted by Crippen LogP contribution is -2.42. The van der Waals surface area contributed by atoms with Gasteiger partial charge in [-0.2, -0.15) is 0 Å². The van der Waals surface area contributed by atoms with Gasteiger partial charge in [-0.1, -0.05) is 6.07 Å². The summed E-state index contributed by atoms with van der Waals surface area (Å²) >= 11 is 2.06. The van der Waals surface area contributed by atoms with Gasteiger partial charge in [-0.25, -0.2) is 9.59 Å². The van der Waals surface area contributed by atoms with Crippen LogP contribution in [0.5, 0.6) is 0 Å². The molecule has 1 rings (SSSR count). The van der Waals surface area contributed by atoms with Crippen molar-refractivity contribution in [2.75, 3.05) is 26.9 Å². The van der Waals surface area contributed by atoms with Crippen molar-refractivity contribution in [2.24, 2.45) is 0 Å². The number of benzene rings is 1. The van der Waals surface area contributed by atoms with Gasteiger partial charge in [-0.05, 0) is 40.8 Å². The summed E-state index contributed by atoms with van der Waals surface area (Å²) in [5.74, 6) is -1.33. The van der Waals surface area contributed by atoms with Crippen LogP contribution in [0, 0.1) is 3.57 Å². The largest absolute Gasteiger partial charge is 0.452 e. The zero-order valence-corrected chi connectivity index (χ0v) is 13.5. The first kappa shape index (κ1) is 17.4. The number of urea groups is 1. The maximum atomic E-state index is 11.7. The number of rotatable bonds is 6. The second kappa shape index (κ2) is 9.29. The second-order valence-corrected chi connectivity index (χ2v) is 5.13. The molecule has 0 aliphatic carbocycles. The number of nitrogens with one attached hydrogen (secondary N) is 2. The highest BCUT2D eigenvalue weighted by atomic mass is 127. The predicted octanol–water partition coefficient (Wildman–Crippen LogP) is 0.920. The molecule has 1 aromatic rings. The zero-order valence-electron chi connectivity index (χ0n) is 11.3. The molecule has 0 radical (unpaired) electrons. The summed E-state index contributed by atoms with van der Waals surface area (Å²) in [6.45, 7) is 0.0864. The number of amides is 3. The van der Waals surface area contributed by atoms with Crippen molar-refractivity contribution < 1.29 is 23.9 Å². The Bertz CT molecular complexity index is 521. The summed E-state index contributed by atoms with van der Waals surface area (Å²) in [5.41, 5.74) is 0.347. The van der Waals surface area contributed by atoms with E-state index in [2.05, 4.69) is 27.9 Å². The normalized spacial score (nSPS) is 9.81. The fourth-order valence-corrected chi connectivity index (χ4v) is 1.85. The molecule has 0 aliphatic heterocycles. The minimum Gasteiger partial charge on any atom is -0.452 e. The summed E-state index contributed by atoms with van der Waals surface area (Å²) in [7, 11) is 1.49. The van der Waals surface area contributed by atoms with Crippen LogP contribution < -0.4 is 10.6 Å². The van der Waals surface area contributed by atoms with Gasteiger partial charge in [0.15, 0.2) is 6.61 Å². The van der Waals surface area contributed by atoms with E-state index in [-0.39, 0.29) is 6.54 Å². The number of imide groups is 1. The van der Waals surface area contributed by atoms with Crippen molar-refractivity contribution in [3.05, 3.63) is 33.4 Å². The molecule has 7 nitrogen and oxygen atoms in total. The van der Waals surface area contributed by atoms with Crippen LogP contribution >= 0.6 is 22.6 Å². The smallest absolute Gasteiger partial charge is 0.338 e. The third-order valence-electron chi connectivity index (χ3n) is 2.24. The van der Waals surface area contributed by atoms with Gasteiger partial charge >= 0.3 is 12.0 Å². The minimum atomic E-state index is -0.705. The Morgan fingerprint density at radius 3 is 2.71 bits per heavy atom. The fourth-order valence-electron chi connectivity index (χ4n) is 1.30. The van der Waals surface area contributed by atoms with Crippen molar-refractivity contribution in [1.82, 2.24) is 10.6 Å². The van der Waals surface area contributed by atoms with Gasteiger partial charge in [0.05, 0.1) is 12.2 Å². The summed E-state index contributed by atoms with van der Waals surface area (Å²) in [4.78, 5) is 34.3. The van der Waals surface area contributed by atoms with Crippen LogP contribution in [0.2, 0.25) is 0 Å². The van der Waals surface area contributed by atoms with Crippen LogP contribution in [0.1, 0.15) is 10.4 Å². The second-order valence-electron chi connectivity index (χ2n) is 3.88. The van der Waals surface area contributed by atoms with Crippen LogP contribution in [0.15, 0.2) is 24.3 Å². The molecule has 0 aromatic heterocycles. The highest BCUT2D eigenvalue weighted by molar-refractivity contribution is 14.1. The van der Waals surface area contributed by atoms with Crippen LogP contribution in [-0.4, -0.2) is 44.8 Å². The predicted molar refractivity (Wildman–Crippen MR) is 82.9 cm³/mol. The van der Waals surface area contributed by atoms with E-state index >= 15 is 0 Å². The van der Waals surface area contributed by atoms with Crippen LogP contribution in [0.25, 0.3) is 0 Å². The number of hydrogen-bond acceptors (Lipinski definition) is 5. The molecule has 3 amide bonds. The zero-order chi connectivity index (χ0) is 15.7. The molecular formula is C13H15IN2O5. The molecule has 2 N–H and O–H groups in total. The summed E-state index contributed by atoms with van der Waals surface area (Å²) < 4.78 is 10.4. The van der Waals surface area contributed by atoms with Gasteiger partial charge in [-0.3, -0.25) is 10.1 Å². The molecule has 21 heavy (non-hydrogen) atoms. The molecule has 0 saturated carbocycles. The molecule has 0 atom stereocenters. The van der Waals surface area contributed by atoms with Crippen LogP contribution in [-0.2, 0) is 14.3 Å². The summed E-state index contributed by atoms with van der Waals surface area (Å²) in [6.07, 6.45) is 0. The number of halogens is 1. The standard InChI is InChI=1S/C13H15IN2O5/c1-20-6-5-15-13(19)16-11(17)8-21-12(18)9-3-2-4-10(14)7-9/h2-4,7H,5-6,8H2,1H3,(H2,15,16,17,19). The Balaban J connectivity index is 2.32. The average molecular weight is 406 g/mol. The van der Waals surface area contributed by atoms with Gasteiger partial charge < -0.3 is 14.8 Å². The third-order valence-corrected chi connectivity index (χ3v) is 2.91. The molecule has 0 aliphatic rings. The van der Waals surface area contributed by atoms with E-state index in [0.29, 0.717) is 12.2 Å². The van der Waals surface area contributed by atoms with Crippen molar-refractivity contribution in [1.29, 1.82) is 0 Å². The quantitative estimate of drug-likeness (QED) is 0.417.